The van der Waals surface area contributed by atoms with Gasteiger partial charge in [-0.25, -0.2) is 10.4 Å². The molecule has 0 aliphatic carbocycles. The Labute approximate surface area is 175 Å². The summed E-state index contributed by atoms with van der Waals surface area (Å²) in [6, 6.07) is 15.2. The molecule has 3 rings (SSSR count). The van der Waals surface area contributed by atoms with Gasteiger partial charge in [0.05, 0.1) is 19.0 Å². The number of anilines is 1. The molecular formula is C23H26N4O3. The zero-order valence-electron chi connectivity index (χ0n) is 17.6. The normalized spacial score (nSPS) is 11.1. The third-order valence-electron chi connectivity index (χ3n) is 4.42. The van der Waals surface area contributed by atoms with E-state index in [9.17, 15) is 4.79 Å². The predicted molar refractivity (Wildman–Crippen MR) is 119 cm³/mol. The van der Waals surface area contributed by atoms with Gasteiger partial charge in [0.2, 0.25) is 5.95 Å². The van der Waals surface area contributed by atoms with E-state index < -0.39 is 0 Å². The number of hydrazone groups is 1. The van der Waals surface area contributed by atoms with Crippen molar-refractivity contribution in [3.8, 4) is 11.5 Å². The lowest BCUT2D eigenvalue weighted by molar-refractivity contribution is 0.284. The maximum absolute atomic E-state index is 11.8. The minimum atomic E-state index is -0.227. The van der Waals surface area contributed by atoms with Crippen LogP contribution >= 0.6 is 0 Å². The highest BCUT2D eigenvalue weighted by Crippen LogP contribution is 2.31. The highest BCUT2D eigenvalue weighted by molar-refractivity contribution is 5.85. The van der Waals surface area contributed by atoms with Crippen LogP contribution in [0.5, 0.6) is 11.5 Å². The maximum atomic E-state index is 11.8. The van der Waals surface area contributed by atoms with E-state index in [-0.39, 0.29) is 17.4 Å². The highest BCUT2D eigenvalue weighted by Gasteiger charge is 2.10. The summed E-state index contributed by atoms with van der Waals surface area (Å²) < 4.78 is 11.5. The summed E-state index contributed by atoms with van der Waals surface area (Å²) in [6.07, 6.45) is 1.61. The molecule has 0 aliphatic heterocycles. The molecule has 1 heterocycles. The number of rotatable bonds is 8. The molecule has 0 unspecified atom stereocenters. The number of benzene rings is 2. The van der Waals surface area contributed by atoms with Gasteiger partial charge in [-0.15, -0.1) is 0 Å². The molecule has 0 amide bonds. The number of methoxy groups -OCH3 is 1. The first-order valence-corrected chi connectivity index (χ1v) is 9.72. The molecule has 30 heavy (non-hydrogen) atoms. The summed E-state index contributed by atoms with van der Waals surface area (Å²) >= 11 is 0. The summed E-state index contributed by atoms with van der Waals surface area (Å²) in [5.74, 6) is 1.62. The molecule has 156 valence electrons. The number of hydrogen-bond acceptors (Lipinski definition) is 6. The number of ether oxygens (including phenoxy) is 2. The molecule has 7 nitrogen and oxygen atoms in total. The second kappa shape index (κ2) is 9.73. The van der Waals surface area contributed by atoms with Crippen LogP contribution in [0.15, 0.2) is 58.4 Å². The van der Waals surface area contributed by atoms with Crippen LogP contribution in [0.25, 0.3) is 0 Å². The second-order valence-corrected chi connectivity index (χ2v) is 7.20. The van der Waals surface area contributed by atoms with E-state index in [1.165, 1.54) is 11.6 Å². The van der Waals surface area contributed by atoms with E-state index in [4.69, 9.17) is 9.47 Å². The Morgan fingerprint density at radius 2 is 2.00 bits per heavy atom. The van der Waals surface area contributed by atoms with Crippen LogP contribution in [0.2, 0.25) is 0 Å². The topological polar surface area (TPSA) is 88.6 Å². The van der Waals surface area contributed by atoms with E-state index >= 15 is 0 Å². The average Bonchev–Trinajstić information content (AvgIpc) is 2.72. The molecule has 0 bridgehead atoms. The van der Waals surface area contributed by atoms with Gasteiger partial charge in [-0.1, -0.05) is 49.7 Å². The van der Waals surface area contributed by atoms with E-state index in [1.807, 2.05) is 57.2 Å². The molecule has 0 aliphatic rings. The zero-order valence-corrected chi connectivity index (χ0v) is 17.6. The van der Waals surface area contributed by atoms with Gasteiger partial charge in [0.25, 0.3) is 5.56 Å². The van der Waals surface area contributed by atoms with Gasteiger partial charge in [-0.05, 0) is 30.5 Å². The number of aromatic amines is 1. The SMILES string of the molecule is COc1cccc(/C=N\Nc2nc(C(C)C)cc(=O)[nH]2)c1OCc1cccc(C)c1. The first-order valence-electron chi connectivity index (χ1n) is 9.72. The molecule has 0 saturated carbocycles. The molecule has 0 atom stereocenters. The van der Waals surface area contributed by atoms with Crippen molar-refractivity contribution in [1.29, 1.82) is 0 Å². The van der Waals surface area contributed by atoms with E-state index in [0.717, 1.165) is 11.1 Å². The summed E-state index contributed by atoms with van der Waals surface area (Å²) in [5, 5.41) is 4.22. The Bertz CT molecular complexity index is 1090. The fraction of sp³-hybridized carbons (Fsp3) is 0.261. The Hall–Kier alpha value is -3.61. The van der Waals surface area contributed by atoms with Crippen molar-refractivity contribution < 1.29 is 9.47 Å². The Balaban J connectivity index is 1.79. The number of nitrogens with one attached hydrogen (secondary N) is 2. The Morgan fingerprint density at radius 3 is 2.73 bits per heavy atom. The number of hydrogen-bond donors (Lipinski definition) is 2. The van der Waals surface area contributed by atoms with Crippen LogP contribution in [-0.4, -0.2) is 23.3 Å². The lowest BCUT2D eigenvalue weighted by Gasteiger charge is -2.13. The third kappa shape index (κ3) is 5.47. The molecule has 1 aromatic heterocycles. The molecule has 2 N–H and O–H groups in total. The van der Waals surface area contributed by atoms with Crippen LogP contribution in [0.3, 0.4) is 0 Å². The standard InChI is InChI=1S/C23H26N4O3/c1-15(2)19-12-21(28)26-23(25-19)27-24-13-18-9-6-10-20(29-4)22(18)30-14-17-8-5-7-16(3)11-17/h5-13,15H,14H2,1-4H3,(H2,25,26,27,28)/b24-13-. The van der Waals surface area contributed by atoms with Crippen molar-refractivity contribution in [2.24, 2.45) is 5.10 Å². The minimum Gasteiger partial charge on any atom is -0.493 e. The molecule has 0 fully saturated rings. The Morgan fingerprint density at radius 1 is 1.20 bits per heavy atom. The lowest BCUT2D eigenvalue weighted by Crippen LogP contribution is -2.12. The van der Waals surface area contributed by atoms with Gasteiger partial charge >= 0.3 is 0 Å². The van der Waals surface area contributed by atoms with E-state index in [2.05, 4.69) is 26.6 Å². The molecule has 0 spiro atoms. The molecule has 2 aromatic carbocycles. The average molecular weight is 406 g/mol. The first-order chi connectivity index (χ1) is 14.5. The summed E-state index contributed by atoms with van der Waals surface area (Å²) in [4.78, 5) is 18.8. The summed E-state index contributed by atoms with van der Waals surface area (Å²) in [5.41, 5.74) is 6.22. The van der Waals surface area contributed by atoms with Crippen molar-refractivity contribution >= 4 is 12.2 Å². The van der Waals surface area contributed by atoms with Crippen LogP contribution < -0.4 is 20.5 Å². The van der Waals surface area contributed by atoms with Gasteiger partial charge in [-0.3, -0.25) is 9.78 Å². The van der Waals surface area contributed by atoms with Gasteiger partial charge in [0.15, 0.2) is 11.5 Å². The Kier molecular flexibility index (Phi) is 6.85. The van der Waals surface area contributed by atoms with Crippen molar-refractivity contribution in [2.75, 3.05) is 12.5 Å². The maximum Gasteiger partial charge on any atom is 0.252 e. The second-order valence-electron chi connectivity index (χ2n) is 7.20. The van der Waals surface area contributed by atoms with Crippen LogP contribution in [0.1, 0.15) is 42.1 Å². The van der Waals surface area contributed by atoms with Gasteiger partial charge in [-0.2, -0.15) is 5.10 Å². The van der Waals surface area contributed by atoms with Crippen molar-refractivity contribution in [3.63, 3.8) is 0 Å². The third-order valence-corrected chi connectivity index (χ3v) is 4.42. The van der Waals surface area contributed by atoms with Crippen molar-refractivity contribution in [1.82, 2.24) is 9.97 Å². The van der Waals surface area contributed by atoms with Crippen LogP contribution in [-0.2, 0) is 6.61 Å². The highest BCUT2D eigenvalue weighted by atomic mass is 16.5. The summed E-state index contributed by atoms with van der Waals surface area (Å²) in [7, 11) is 1.60. The fourth-order valence-electron chi connectivity index (χ4n) is 2.90. The molecule has 0 saturated heterocycles. The predicted octanol–water partition coefficient (Wildman–Crippen LogP) is 4.24. The van der Waals surface area contributed by atoms with E-state index in [0.29, 0.717) is 23.8 Å². The number of para-hydroxylation sites is 1. The zero-order chi connectivity index (χ0) is 21.5. The largest absolute Gasteiger partial charge is 0.493 e. The van der Waals surface area contributed by atoms with Crippen molar-refractivity contribution in [3.05, 3.63) is 81.3 Å². The van der Waals surface area contributed by atoms with Gasteiger partial charge in [0.1, 0.15) is 6.61 Å². The van der Waals surface area contributed by atoms with Gasteiger partial charge < -0.3 is 9.47 Å². The van der Waals surface area contributed by atoms with E-state index in [1.54, 1.807) is 13.3 Å². The molecular weight excluding hydrogens is 380 g/mol. The minimum absolute atomic E-state index is 0.136. The number of aryl methyl sites for hydroxylation is 1. The molecule has 0 radical (unpaired) electrons. The smallest absolute Gasteiger partial charge is 0.252 e. The quantitative estimate of drug-likeness (QED) is 0.432. The molecule has 7 heteroatoms. The number of aromatic nitrogens is 2. The summed E-state index contributed by atoms with van der Waals surface area (Å²) in [6.45, 7) is 6.40. The fourth-order valence-corrected chi connectivity index (χ4v) is 2.90. The van der Waals surface area contributed by atoms with Crippen LogP contribution in [0.4, 0.5) is 5.95 Å². The van der Waals surface area contributed by atoms with Crippen LogP contribution in [0, 0.1) is 6.92 Å². The monoisotopic (exact) mass is 406 g/mol. The van der Waals surface area contributed by atoms with Gasteiger partial charge in [0, 0.05) is 11.6 Å². The molecule has 3 aromatic rings. The first kappa shape index (κ1) is 21.1. The number of H-pyrrole nitrogens is 1. The number of nitrogens with zero attached hydrogens (tertiary/aromatic N) is 2. The lowest BCUT2D eigenvalue weighted by atomic mass is 10.1. The van der Waals surface area contributed by atoms with Crippen molar-refractivity contribution in [2.45, 2.75) is 33.3 Å².